The molecule has 0 amide bonds. The Labute approximate surface area is 286 Å². The van der Waals surface area contributed by atoms with Gasteiger partial charge in [0, 0.05) is 24.6 Å². The summed E-state index contributed by atoms with van der Waals surface area (Å²) in [6, 6.07) is 7.69. The molecule has 0 bridgehead atoms. The van der Waals surface area contributed by atoms with Crippen LogP contribution in [0.25, 0.3) is 0 Å². The standard InChI is InChI=1S/C20H29FN2O2.C18H27ClN2O/c1-2-19(24)12-7-15-5-8-16(9-6-15)20(25)14-18-11-10-17(22-23-18)4-3-13-21;1-2-4-16-10-11-18(21-20-16)17(13-22)15-8-6-14(7-9-15)5-3-12-19/h10-11,15-16H,2-9,12-14H2,1H3;10-11,13-15,17H,2-9,12H2,1H3. The molecule has 260 valence electrons. The fourth-order valence-corrected chi connectivity index (χ4v) is 7.22. The number of Topliss-reactive ketones (excluding diaryl/α,β-unsaturated/α-hetero) is 2. The highest BCUT2D eigenvalue weighted by Crippen LogP contribution is 2.38. The molecule has 0 aliphatic heterocycles. The second-order valence-electron chi connectivity index (χ2n) is 13.6. The van der Waals surface area contributed by atoms with E-state index >= 15 is 0 Å². The van der Waals surface area contributed by atoms with Crippen molar-refractivity contribution >= 4 is 29.5 Å². The number of ketones is 2. The van der Waals surface area contributed by atoms with Gasteiger partial charge in [-0.3, -0.25) is 14.0 Å². The van der Waals surface area contributed by atoms with Gasteiger partial charge in [-0.25, -0.2) is 0 Å². The molecule has 2 heterocycles. The van der Waals surface area contributed by atoms with E-state index in [0.717, 1.165) is 99.4 Å². The van der Waals surface area contributed by atoms with Gasteiger partial charge in [-0.2, -0.15) is 20.4 Å². The Morgan fingerprint density at radius 3 is 2.02 bits per heavy atom. The molecule has 2 aromatic heterocycles. The molecule has 2 aliphatic rings. The van der Waals surface area contributed by atoms with E-state index in [0.29, 0.717) is 55.4 Å². The van der Waals surface area contributed by atoms with Crippen LogP contribution in [0.5, 0.6) is 0 Å². The van der Waals surface area contributed by atoms with Crippen LogP contribution in [0.2, 0.25) is 0 Å². The Hall–Kier alpha value is -2.61. The van der Waals surface area contributed by atoms with Crippen molar-refractivity contribution in [2.24, 2.45) is 23.7 Å². The second kappa shape index (κ2) is 22.1. The quantitative estimate of drug-likeness (QED) is 0.116. The molecule has 2 aromatic rings. The van der Waals surface area contributed by atoms with E-state index in [4.69, 9.17) is 11.6 Å². The molecule has 2 aliphatic carbocycles. The van der Waals surface area contributed by atoms with E-state index in [2.05, 4.69) is 27.3 Å². The van der Waals surface area contributed by atoms with Crippen molar-refractivity contribution in [3.63, 3.8) is 0 Å². The molecule has 4 rings (SSSR count). The largest absolute Gasteiger partial charge is 0.303 e. The number of halogens is 2. The minimum absolute atomic E-state index is 0.0860. The molecule has 0 spiro atoms. The number of hydrogen-bond donors (Lipinski definition) is 0. The molecule has 0 aromatic carbocycles. The predicted molar refractivity (Wildman–Crippen MR) is 185 cm³/mol. The van der Waals surface area contributed by atoms with Gasteiger partial charge in [-0.15, -0.1) is 11.6 Å². The lowest BCUT2D eigenvalue weighted by Gasteiger charge is -2.31. The maximum absolute atomic E-state index is 12.5. The zero-order valence-corrected chi connectivity index (χ0v) is 29.4. The number of rotatable bonds is 18. The predicted octanol–water partition coefficient (Wildman–Crippen LogP) is 8.59. The van der Waals surface area contributed by atoms with E-state index in [1.807, 2.05) is 31.2 Å². The van der Waals surface area contributed by atoms with E-state index < -0.39 is 0 Å². The minimum Gasteiger partial charge on any atom is -0.303 e. The third-order valence-corrected chi connectivity index (χ3v) is 10.4. The first-order chi connectivity index (χ1) is 22.9. The Morgan fingerprint density at radius 2 is 1.45 bits per heavy atom. The van der Waals surface area contributed by atoms with Crippen LogP contribution in [0.4, 0.5) is 4.39 Å². The number of nitrogens with zero attached hydrogens (tertiary/aromatic N) is 4. The lowest BCUT2D eigenvalue weighted by Crippen LogP contribution is -2.24. The molecule has 2 fully saturated rings. The number of aryl methyl sites for hydroxylation is 2. The fourth-order valence-electron chi connectivity index (χ4n) is 7.06. The average molecular weight is 671 g/mol. The van der Waals surface area contributed by atoms with Gasteiger partial charge >= 0.3 is 0 Å². The first kappa shape index (κ1) is 38.8. The normalized spacial score (nSPS) is 21.7. The van der Waals surface area contributed by atoms with E-state index in [1.54, 1.807) is 0 Å². The van der Waals surface area contributed by atoms with Gasteiger partial charge in [0.1, 0.15) is 17.9 Å². The third-order valence-electron chi connectivity index (χ3n) is 10.1. The topological polar surface area (TPSA) is 103 Å². The van der Waals surface area contributed by atoms with E-state index in [1.165, 1.54) is 19.3 Å². The highest BCUT2D eigenvalue weighted by atomic mass is 35.5. The number of carbonyl (C=O) groups excluding carboxylic acids is 3. The molecule has 7 nitrogen and oxygen atoms in total. The molecule has 1 unspecified atom stereocenters. The summed E-state index contributed by atoms with van der Waals surface area (Å²) < 4.78 is 12.2. The van der Waals surface area contributed by atoms with Crippen LogP contribution in [0.3, 0.4) is 0 Å². The van der Waals surface area contributed by atoms with Gasteiger partial charge in [0.15, 0.2) is 0 Å². The zero-order valence-electron chi connectivity index (χ0n) is 28.7. The molecular weight excluding hydrogens is 615 g/mol. The van der Waals surface area contributed by atoms with E-state index in [9.17, 15) is 18.8 Å². The second-order valence-corrected chi connectivity index (χ2v) is 14.0. The Bertz CT molecular complexity index is 1180. The summed E-state index contributed by atoms with van der Waals surface area (Å²) in [5.41, 5.74) is 3.33. The SMILES string of the molecule is CCC(=O)CCC1CCC(C(=O)Cc2ccc(CCCF)nn2)CC1.CCCc1ccc(C(C=O)C2CCC(CCCCl)CC2)nn1. The van der Waals surface area contributed by atoms with E-state index in [-0.39, 0.29) is 24.3 Å². The molecule has 0 radical (unpaired) electrons. The zero-order chi connectivity index (χ0) is 33.9. The fraction of sp³-hybridized carbons (Fsp3) is 0.711. The van der Waals surface area contributed by atoms with Crippen molar-refractivity contribution in [1.82, 2.24) is 20.4 Å². The first-order valence-corrected chi connectivity index (χ1v) is 18.7. The molecule has 0 N–H and O–H groups in total. The van der Waals surface area contributed by atoms with Crippen molar-refractivity contribution in [3.05, 3.63) is 47.0 Å². The average Bonchev–Trinajstić information content (AvgIpc) is 3.11. The van der Waals surface area contributed by atoms with Crippen LogP contribution in [0, 0.1) is 23.7 Å². The number of aldehydes is 1. The van der Waals surface area contributed by atoms with Crippen LogP contribution in [0.15, 0.2) is 24.3 Å². The van der Waals surface area contributed by atoms with Crippen molar-refractivity contribution < 1.29 is 18.8 Å². The van der Waals surface area contributed by atoms with Crippen LogP contribution in [0.1, 0.15) is 139 Å². The molecule has 2 saturated carbocycles. The van der Waals surface area contributed by atoms with Gasteiger partial charge in [0.05, 0.1) is 41.8 Å². The summed E-state index contributed by atoms with van der Waals surface area (Å²) in [5, 5.41) is 16.8. The number of alkyl halides is 2. The monoisotopic (exact) mass is 670 g/mol. The Kier molecular flexibility index (Phi) is 18.3. The Morgan fingerprint density at radius 1 is 0.830 bits per heavy atom. The maximum atomic E-state index is 12.5. The summed E-state index contributed by atoms with van der Waals surface area (Å²) in [7, 11) is 0. The summed E-state index contributed by atoms with van der Waals surface area (Å²) in [6.07, 6.45) is 17.7. The number of hydrogen-bond acceptors (Lipinski definition) is 7. The summed E-state index contributed by atoms with van der Waals surface area (Å²) in [4.78, 5) is 35.5. The van der Waals surface area contributed by atoms with Crippen LogP contribution >= 0.6 is 11.6 Å². The molecule has 0 saturated heterocycles. The van der Waals surface area contributed by atoms with Crippen molar-refractivity contribution in [2.75, 3.05) is 12.6 Å². The number of carbonyl (C=O) groups is 3. The van der Waals surface area contributed by atoms with Crippen LogP contribution in [-0.4, -0.2) is 50.8 Å². The van der Waals surface area contributed by atoms with Crippen molar-refractivity contribution in [2.45, 2.75) is 135 Å². The number of aromatic nitrogens is 4. The summed E-state index contributed by atoms with van der Waals surface area (Å²) in [6.45, 7) is 3.69. The maximum Gasteiger partial charge on any atom is 0.141 e. The highest BCUT2D eigenvalue weighted by Gasteiger charge is 2.29. The molecule has 9 heteroatoms. The minimum atomic E-state index is -0.350. The summed E-state index contributed by atoms with van der Waals surface area (Å²) in [5.74, 6) is 3.19. The molecular formula is C38H56ClFN4O3. The van der Waals surface area contributed by atoms with Crippen LogP contribution < -0.4 is 0 Å². The Balaban J connectivity index is 0.000000257. The van der Waals surface area contributed by atoms with Crippen molar-refractivity contribution in [1.29, 1.82) is 0 Å². The smallest absolute Gasteiger partial charge is 0.141 e. The third kappa shape index (κ3) is 13.8. The lowest BCUT2D eigenvalue weighted by molar-refractivity contribution is -0.124. The van der Waals surface area contributed by atoms with Gasteiger partial charge in [-0.05, 0) is 119 Å². The molecule has 47 heavy (non-hydrogen) atoms. The van der Waals surface area contributed by atoms with Gasteiger partial charge < -0.3 is 4.79 Å². The summed E-state index contributed by atoms with van der Waals surface area (Å²) >= 11 is 5.78. The molecule has 1 atom stereocenters. The first-order valence-electron chi connectivity index (χ1n) is 18.2. The lowest BCUT2D eigenvalue weighted by atomic mass is 9.74. The van der Waals surface area contributed by atoms with Gasteiger partial charge in [0.25, 0.3) is 0 Å². The van der Waals surface area contributed by atoms with Crippen LogP contribution in [-0.2, 0) is 33.6 Å². The van der Waals surface area contributed by atoms with Gasteiger partial charge in [0.2, 0.25) is 0 Å². The van der Waals surface area contributed by atoms with Crippen molar-refractivity contribution in [3.8, 4) is 0 Å². The van der Waals surface area contributed by atoms with Gasteiger partial charge in [-0.1, -0.05) is 33.1 Å². The highest BCUT2D eigenvalue weighted by molar-refractivity contribution is 6.17.